The van der Waals surface area contributed by atoms with Crippen molar-refractivity contribution >= 4 is 27.9 Å². The van der Waals surface area contributed by atoms with Crippen molar-refractivity contribution in [1.82, 2.24) is 4.90 Å². The van der Waals surface area contributed by atoms with Crippen LogP contribution in [0.1, 0.15) is 33.6 Å². The predicted molar refractivity (Wildman–Crippen MR) is 81.2 cm³/mol. The van der Waals surface area contributed by atoms with E-state index in [1.54, 1.807) is 18.7 Å². The summed E-state index contributed by atoms with van der Waals surface area (Å²) >= 11 is 1.69. The molecule has 2 unspecified atom stereocenters. The van der Waals surface area contributed by atoms with E-state index in [2.05, 4.69) is 0 Å². The third kappa shape index (κ3) is 4.46. The maximum Gasteiger partial charge on any atom is 0.166 e. The van der Waals surface area contributed by atoms with Crippen molar-refractivity contribution in [3.05, 3.63) is 0 Å². The lowest BCUT2D eigenvalue weighted by Crippen LogP contribution is -2.51. The van der Waals surface area contributed by atoms with E-state index in [0.717, 1.165) is 31.4 Å². The number of carbonyl (C=O) groups is 1. The van der Waals surface area contributed by atoms with E-state index < -0.39 is 20.6 Å². The first-order valence-electron chi connectivity index (χ1n) is 6.88. The number of hydrogen-bond acceptors (Lipinski definition) is 5. The fraction of sp³-hybridized carbons (Fsp3) is 0.923. The summed E-state index contributed by atoms with van der Waals surface area (Å²) < 4.78 is 24.3. The molecule has 2 atom stereocenters. The summed E-state index contributed by atoms with van der Waals surface area (Å²) in [4.78, 5) is 13.3. The molecule has 0 aromatic carbocycles. The molecule has 0 N–H and O–H groups in total. The summed E-state index contributed by atoms with van der Waals surface area (Å²) in [6.07, 6.45) is 2.73. The zero-order valence-corrected chi connectivity index (χ0v) is 13.7. The van der Waals surface area contributed by atoms with Crippen LogP contribution in [0.3, 0.4) is 0 Å². The highest BCUT2D eigenvalue weighted by molar-refractivity contribution is 8.01. The van der Waals surface area contributed by atoms with Gasteiger partial charge in [0.1, 0.15) is 11.7 Å². The lowest BCUT2D eigenvalue weighted by atomic mass is 9.86. The molecule has 0 aliphatic carbocycles. The Hall–Kier alpha value is -0.0700. The van der Waals surface area contributed by atoms with Crippen LogP contribution in [0.15, 0.2) is 0 Å². The molecule has 0 aromatic rings. The molecular weight excluding hydrogens is 282 g/mol. The van der Waals surface area contributed by atoms with Crippen LogP contribution in [-0.4, -0.2) is 55.3 Å². The third-order valence-electron chi connectivity index (χ3n) is 3.68. The van der Waals surface area contributed by atoms with Crippen LogP contribution in [0.25, 0.3) is 0 Å². The number of carbonyl (C=O) groups excluding carboxylic acids is 1. The van der Waals surface area contributed by atoms with Gasteiger partial charge in [-0.05, 0) is 6.42 Å². The van der Waals surface area contributed by atoms with Crippen molar-refractivity contribution in [3.8, 4) is 0 Å². The van der Waals surface area contributed by atoms with Gasteiger partial charge in [-0.15, -0.1) is 0 Å². The Morgan fingerprint density at radius 3 is 2.63 bits per heavy atom. The Morgan fingerprint density at radius 1 is 1.42 bits per heavy atom. The second-order valence-electron chi connectivity index (χ2n) is 5.47. The number of nitrogens with zero attached hydrogens (tertiary/aromatic N) is 1. The minimum Gasteiger partial charge on any atom is -0.303 e. The number of rotatable bonds is 7. The Balaban J connectivity index is 2.86. The molecule has 1 saturated heterocycles. The molecule has 0 radical (unpaired) electrons. The molecule has 19 heavy (non-hydrogen) atoms. The highest BCUT2D eigenvalue weighted by Crippen LogP contribution is 2.28. The predicted octanol–water partition coefficient (Wildman–Crippen LogP) is 1.80. The molecule has 1 fully saturated rings. The molecule has 0 saturated carbocycles. The van der Waals surface area contributed by atoms with E-state index in [9.17, 15) is 13.2 Å². The molecule has 0 bridgehead atoms. The summed E-state index contributed by atoms with van der Waals surface area (Å²) in [5.74, 6) is 1.73. The summed E-state index contributed by atoms with van der Waals surface area (Å²) in [5, 5.41) is -0.424. The van der Waals surface area contributed by atoms with Gasteiger partial charge in [-0.3, -0.25) is 4.90 Å². The molecule has 112 valence electrons. The van der Waals surface area contributed by atoms with Gasteiger partial charge in [0.05, 0.1) is 0 Å². The molecule has 0 amide bonds. The van der Waals surface area contributed by atoms with Crippen LogP contribution in [0.2, 0.25) is 0 Å². The van der Waals surface area contributed by atoms with Crippen LogP contribution in [-0.2, 0) is 14.6 Å². The van der Waals surface area contributed by atoms with Gasteiger partial charge in [0.15, 0.2) is 9.84 Å². The van der Waals surface area contributed by atoms with E-state index in [-0.39, 0.29) is 5.75 Å². The van der Waals surface area contributed by atoms with E-state index in [1.807, 2.05) is 18.7 Å². The fourth-order valence-corrected chi connectivity index (χ4v) is 5.61. The Bertz CT molecular complexity index is 397. The van der Waals surface area contributed by atoms with Crippen LogP contribution in [0.4, 0.5) is 0 Å². The number of aldehydes is 1. The normalized spacial score (nSPS) is 24.9. The quantitative estimate of drug-likeness (QED) is 0.671. The highest BCUT2D eigenvalue weighted by Gasteiger charge is 2.36. The lowest BCUT2D eigenvalue weighted by molar-refractivity contribution is -0.116. The molecule has 1 aliphatic rings. The van der Waals surface area contributed by atoms with Crippen molar-refractivity contribution in [1.29, 1.82) is 0 Å². The van der Waals surface area contributed by atoms with Gasteiger partial charge in [0.25, 0.3) is 0 Å². The smallest absolute Gasteiger partial charge is 0.166 e. The molecule has 1 aliphatic heterocycles. The first kappa shape index (κ1) is 17.0. The second kappa shape index (κ2) is 7.09. The summed E-state index contributed by atoms with van der Waals surface area (Å²) in [7, 11) is -3.08. The van der Waals surface area contributed by atoms with Crippen molar-refractivity contribution in [3.63, 3.8) is 0 Å². The van der Waals surface area contributed by atoms with Gasteiger partial charge in [-0.1, -0.05) is 27.2 Å². The van der Waals surface area contributed by atoms with Crippen LogP contribution in [0.5, 0.6) is 0 Å². The van der Waals surface area contributed by atoms with Crippen LogP contribution < -0.4 is 0 Å². The van der Waals surface area contributed by atoms with E-state index >= 15 is 0 Å². The molecular formula is C13H25NO3S2. The monoisotopic (exact) mass is 307 g/mol. The fourth-order valence-electron chi connectivity index (χ4n) is 2.53. The second-order valence-corrected chi connectivity index (χ2v) is 9.07. The van der Waals surface area contributed by atoms with E-state index in [4.69, 9.17) is 0 Å². The third-order valence-corrected chi connectivity index (χ3v) is 7.01. The lowest BCUT2D eigenvalue weighted by Gasteiger charge is -2.39. The Kier molecular flexibility index (Phi) is 6.33. The van der Waals surface area contributed by atoms with Gasteiger partial charge < -0.3 is 4.79 Å². The number of hydrogen-bond donors (Lipinski definition) is 0. The van der Waals surface area contributed by atoms with Crippen molar-refractivity contribution in [2.24, 2.45) is 5.41 Å². The molecule has 1 rings (SSSR count). The standard InChI is InChI=1S/C13H25NO3S2/c1-4-6-13(3,11-15)10-14-7-8-18-9-12(14)19(16,17)5-2/h11-12H,4-10H2,1-3H3. The van der Waals surface area contributed by atoms with Crippen molar-refractivity contribution < 1.29 is 13.2 Å². The van der Waals surface area contributed by atoms with Gasteiger partial charge in [0, 0.05) is 35.8 Å². The van der Waals surface area contributed by atoms with Crippen molar-refractivity contribution in [2.45, 2.75) is 39.0 Å². The first-order chi connectivity index (χ1) is 8.88. The van der Waals surface area contributed by atoms with Crippen molar-refractivity contribution in [2.75, 3.05) is 30.3 Å². The highest BCUT2D eigenvalue weighted by atomic mass is 32.2. The van der Waals surface area contributed by atoms with Gasteiger partial charge >= 0.3 is 0 Å². The first-order valence-corrected chi connectivity index (χ1v) is 9.75. The maximum atomic E-state index is 12.2. The minimum atomic E-state index is -3.08. The molecule has 0 spiro atoms. The van der Waals surface area contributed by atoms with Gasteiger partial charge in [-0.25, -0.2) is 8.42 Å². The Morgan fingerprint density at radius 2 is 2.11 bits per heavy atom. The zero-order chi connectivity index (χ0) is 14.5. The summed E-state index contributed by atoms with van der Waals surface area (Å²) in [6, 6.07) is 0. The summed E-state index contributed by atoms with van der Waals surface area (Å²) in [5.41, 5.74) is -0.432. The molecule has 4 nitrogen and oxygen atoms in total. The van der Waals surface area contributed by atoms with Crippen LogP contribution in [0, 0.1) is 5.41 Å². The molecule has 1 heterocycles. The van der Waals surface area contributed by atoms with Gasteiger partial charge in [-0.2, -0.15) is 11.8 Å². The number of thioether (sulfide) groups is 1. The van der Waals surface area contributed by atoms with E-state index in [0.29, 0.717) is 12.3 Å². The average molecular weight is 307 g/mol. The maximum absolute atomic E-state index is 12.2. The molecule has 6 heteroatoms. The SMILES string of the molecule is CCCC(C)(C=O)CN1CCSCC1S(=O)(=O)CC. The largest absolute Gasteiger partial charge is 0.303 e. The summed E-state index contributed by atoms with van der Waals surface area (Å²) in [6.45, 7) is 6.98. The van der Waals surface area contributed by atoms with Gasteiger partial charge in [0.2, 0.25) is 0 Å². The zero-order valence-electron chi connectivity index (χ0n) is 12.1. The van der Waals surface area contributed by atoms with Crippen LogP contribution >= 0.6 is 11.8 Å². The number of sulfone groups is 1. The average Bonchev–Trinajstić information content (AvgIpc) is 2.39. The molecule has 0 aromatic heterocycles. The Labute approximate surface area is 121 Å². The topological polar surface area (TPSA) is 54.5 Å². The minimum absolute atomic E-state index is 0.167. The van der Waals surface area contributed by atoms with E-state index in [1.165, 1.54) is 0 Å².